The zero-order valence-electron chi connectivity index (χ0n) is 10.4. The number of aromatic nitrogens is 1. The van der Waals surface area contributed by atoms with Crippen molar-refractivity contribution >= 4 is 27.7 Å². The molecule has 0 aliphatic heterocycles. The Labute approximate surface area is 115 Å². The van der Waals surface area contributed by atoms with Gasteiger partial charge in [-0.05, 0) is 41.9 Å². The van der Waals surface area contributed by atoms with E-state index in [1.807, 2.05) is 13.8 Å². The van der Waals surface area contributed by atoms with Crippen molar-refractivity contribution in [2.75, 3.05) is 19.6 Å². The molecule has 0 bridgehead atoms. The number of nitrogens with zero attached hydrogens (tertiary/aromatic N) is 2. The van der Waals surface area contributed by atoms with E-state index < -0.39 is 0 Å². The molecule has 2 amide bonds. The van der Waals surface area contributed by atoms with Crippen LogP contribution in [0.5, 0.6) is 0 Å². The Kier molecular flexibility index (Phi) is 5.77. The van der Waals surface area contributed by atoms with Gasteiger partial charge in [0.2, 0.25) is 5.91 Å². The maximum atomic E-state index is 11.8. The molecule has 18 heavy (non-hydrogen) atoms. The molecule has 1 aromatic heterocycles. The van der Waals surface area contributed by atoms with Crippen LogP contribution in [0.3, 0.4) is 0 Å². The van der Waals surface area contributed by atoms with E-state index in [2.05, 4.69) is 26.2 Å². The van der Waals surface area contributed by atoms with Crippen molar-refractivity contribution in [1.82, 2.24) is 15.2 Å². The minimum absolute atomic E-state index is 0.0104. The van der Waals surface area contributed by atoms with Gasteiger partial charge < -0.3 is 10.2 Å². The van der Waals surface area contributed by atoms with Crippen molar-refractivity contribution in [3.05, 3.63) is 28.5 Å². The predicted octanol–water partition coefficient (Wildman–Crippen LogP) is 1.44. The molecule has 5 nitrogen and oxygen atoms in total. The van der Waals surface area contributed by atoms with Gasteiger partial charge in [0.05, 0.1) is 6.54 Å². The van der Waals surface area contributed by atoms with E-state index in [4.69, 9.17) is 0 Å². The number of pyridine rings is 1. The Bertz CT molecular complexity index is 433. The second-order valence-corrected chi connectivity index (χ2v) is 4.44. The third-order valence-corrected chi connectivity index (χ3v) is 3.13. The summed E-state index contributed by atoms with van der Waals surface area (Å²) in [4.78, 5) is 29.1. The zero-order valence-corrected chi connectivity index (χ0v) is 12.0. The number of nitrogens with one attached hydrogen (secondary N) is 1. The average Bonchev–Trinajstić information content (AvgIpc) is 2.38. The highest BCUT2D eigenvalue weighted by Crippen LogP contribution is 2.12. The molecule has 98 valence electrons. The SMILES string of the molecule is CCN(CC)C(=O)CNC(=O)c1ncccc1Br. The standard InChI is InChI=1S/C12H16BrN3O2/c1-3-16(4-2)10(17)8-15-12(18)11-9(13)6-5-7-14-11/h5-7H,3-4,8H2,1-2H3,(H,15,18). The van der Waals surface area contributed by atoms with Gasteiger partial charge in [-0.3, -0.25) is 9.59 Å². The number of amides is 2. The number of carbonyl (C=O) groups excluding carboxylic acids is 2. The van der Waals surface area contributed by atoms with Crippen molar-refractivity contribution in [1.29, 1.82) is 0 Å². The quantitative estimate of drug-likeness (QED) is 0.894. The van der Waals surface area contributed by atoms with Crippen LogP contribution in [-0.2, 0) is 4.79 Å². The summed E-state index contributed by atoms with van der Waals surface area (Å²) in [6.07, 6.45) is 1.53. The highest BCUT2D eigenvalue weighted by molar-refractivity contribution is 9.10. The van der Waals surface area contributed by atoms with E-state index in [9.17, 15) is 9.59 Å². The molecule has 0 aromatic carbocycles. The molecule has 0 fully saturated rings. The fourth-order valence-corrected chi connectivity index (χ4v) is 1.92. The molecule has 0 unspecified atom stereocenters. The molecule has 1 aromatic rings. The summed E-state index contributed by atoms with van der Waals surface area (Å²) < 4.78 is 0.609. The van der Waals surface area contributed by atoms with Gasteiger partial charge in [-0.1, -0.05) is 0 Å². The molecule has 0 atom stereocenters. The van der Waals surface area contributed by atoms with Crippen LogP contribution >= 0.6 is 15.9 Å². The van der Waals surface area contributed by atoms with Crippen molar-refractivity contribution in [3.63, 3.8) is 0 Å². The summed E-state index contributed by atoms with van der Waals surface area (Å²) in [6, 6.07) is 3.45. The van der Waals surface area contributed by atoms with Crippen LogP contribution < -0.4 is 5.32 Å². The average molecular weight is 314 g/mol. The maximum Gasteiger partial charge on any atom is 0.271 e. The van der Waals surface area contributed by atoms with Gasteiger partial charge in [0.25, 0.3) is 5.91 Å². The van der Waals surface area contributed by atoms with Crippen molar-refractivity contribution < 1.29 is 9.59 Å². The van der Waals surface area contributed by atoms with Crippen LogP contribution in [0.15, 0.2) is 22.8 Å². The van der Waals surface area contributed by atoms with E-state index in [1.165, 1.54) is 6.20 Å². The van der Waals surface area contributed by atoms with E-state index in [0.717, 1.165) is 0 Å². The summed E-state index contributed by atoms with van der Waals surface area (Å²) in [5, 5.41) is 2.57. The maximum absolute atomic E-state index is 11.8. The molecule has 0 aliphatic carbocycles. The molecular weight excluding hydrogens is 298 g/mol. The Morgan fingerprint density at radius 3 is 2.61 bits per heavy atom. The number of likely N-dealkylation sites (N-methyl/N-ethyl adjacent to an activating group) is 1. The van der Waals surface area contributed by atoms with E-state index >= 15 is 0 Å². The molecule has 0 saturated carbocycles. The molecule has 1 N–H and O–H groups in total. The molecule has 0 spiro atoms. The fraction of sp³-hybridized carbons (Fsp3) is 0.417. The van der Waals surface area contributed by atoms with E-state index in [1.54, 1.807) is 17.0 Å². The van der Waals surface area contributed by atoms with Crippen molar-refractivity contribution in [3.8, 4) is 0 Å². The van der Waals surface area contributed by atoms with Crippen LogP contribution in [0.25, 0.3) is 0 Å². The van der Waals surface area contributed by atoms with Crippen LogP contribution in [0.2, 0.25) is 0 Å². The predicted molar refractivity (Wildman–Crippen MR) is 72.2 cm³/mol. The summed E-state index contributed by atoms with van der Waals surface area (Å²) in [7, 11) is 0. The summed E-state index contributed by atoms with van der Waals surface area (Å²) >= 11 is 3.24. The van der Waals surface area contributed by atoms with Crippen LogP contribution in [-0.4, -0.2) is 41.3 Å². The third kappa shape index (κ3) is 3.80. The first-order valence-electron chi connectivity index (χ1n) is 5.76. The largest absolute Gasteiger partial charge is 0.342 e. The van der Waals surface area contributed by atoms with Gasteiger partial charge in [-0.2, -0.15) is 0 Å². The van der Waals surface area contributed by atoms with E-state index in [-0.39, 0.29) is 24.1 Å². The lowest BCUT2D eigenvalue weighted by Gasteiger charge is -2.18. The smallest absolute Gasteiger partial charge is 0.271 e. The van der Waals surface area contributed by atoms with Gasteiger partial charge in [-0.25, -0.2) is 4.98 Å². The second-order valence-electron chi connectivity index (χ2n) is 3.58. The zero-order chi connectivity index (χ0) is 13.5. The Hall–Kier alpha value is -1.43. The summed E-state index contributed by atoms with van der Waals surface area (Å²) in [5.41, 5.74) is 0.282. The van der Waals surface area contributed by atoms with Gasteiger partial charge in [-0.15, -0.1) is 0 Å². The first kappa shape index (κ1) is 14.6. The Morgan fingerprint density at radius 1 is 1.39 bits per heavy atom. The fourth-order valence-electron chi connectivity index (χ4n) is 1.48. The molecular formula is C12H16BrN3O2. The molecule has 1 rings (SSSR count). The number of halogens is 1. The normalized spacial score (nSPS) is 9.94. The van der Waals surface area contributed by atoms with Crippen LogP contribution in [0.4, 0.5) is 0 Å². The lowest BCUT2D eigenvalue weighted by atomic mass is 10.3. The topological polar surface area (TPSA) is 62.3 Å². The summed E-state index contributed by atoms with van der Waals surface area (Å²) in [5.74, 6) is -0.455. The molecule has 0 saturated heterocycles. The van der Waals surface area contributed by atoms with Gasteiger partial charge in [0, 0.05) is 23.8 Å². The Balaban J connectivity index is 2.57. The molecule has 6 heteroatoms. The molecule has 1 heterocycles. The first-order valence-corrected chi connectivity index (χ1v) is 6.55. The second kappa shape index (κ2) is 7.10. The lowest BCUT2D eigenvalue weighted by Crippen LogP contribution is -2.40. The lowest BCUT2D eigenvalue weighted by molar-refractivity contribution is -0.129. The minimum atomic E-state index is -0.358. The Morgan fingerprint density at radius 2 is 2.06 bits per heavy atom. The summed E-state index contributed by atoms with van der Waals surface area (Å²) in [6.45, 7) is 5.07. The number of rotatable bonds is 5. The molecule has 0 radical (unpaired) electrons. The van der Waals surface area contributed by atoms with Crippen molar-refractivity contribution in [2.24, 2.45) is 0 Å². The van der Waals surface area contributed by atoms with Gasteiger partial charge >= 0.3 is 0 Å². The number of carbonyl (C=O) groups is 2. The van der Waals surface area contributed by atoms with E-state index in [0.29, 0.717) is 17.6 Å². The highest BCUT2D eigenvalue weighted by Gasteiger charge is 2.14. The molecule has 0 aliphatic rings. The van der Waals surface area contributed by atoms with Gasteiger partial charge in [0.1, 0.15) is 5.69 Å². The third-order valence-electron chi connectivity index (χ3n) is 2.49. The first-order chi connectivity index (χ1) is 8.60. The van der Waals surface area contributed by atoms with Crippen LogP contribution in [0.1, 0.15) is 24.3 Å². The minimum Gasteiger partial charge on any atom is -0.342 e. The number of hydrogen-bond donors (Lipinski definition) is 1. The van der Waals surface area contributed by atoms with Crippen LogP contribution in [0, 0.1) is 0 Å². The highest BCUT2D eigenvalue weighted by atomic mass is 79.9. The van der Waals surface area contributed by atoms with Gasteiger partial charge in [0.15, 0.2) is 0 Å². The monoisotopic (exact) mass is 313 g/mol. The van der Waals surface area contributed by atoms with Crippen molar-refractivity contribution in [2.45, 2.75) is 13.8 Å². The number of hydrogen-bond acceptors (Lipinski definition) is 3.